The molecule has 3 saturated heterocycles. The molecule has 2 saturated carbocycles. The number of nitro benzene ring substituents is 1. The van der Waals surface area contributed by atoms with Gasteiger partial charge in [0.25, 0.3) is 21.6 Å². The third kappa shape index (κ3) is 9.93. The minimum absolute atomic E-state index is 0.0635. The highest BCUT2D eigenvalue weighted by Gasteiger charge is 2.50. The molecule has 2 aliphatic carbocycles. The number of aliphatic hydroxyl groups is 1. The molecule has 0 unspecified atom stereocenters. The topological polar surface area (TPSA) is 214 Å². The number of rotatable bonds is 13. The van der Waals surface area contributed by atoms with Crippen LogP contribution in [0.3, 0.4) is 0 Å². The van der Waals surface area contributed by atoms with Crippen molar-refractivity contribution in [3.05, 3.63) is 100 Å². The van der Waals surface area contributed by atoms with E-state index in [0.717, 1.165) is 81.0 Å². The summed E-state index contributed by atoms with van der Waals surface area (Å²) in [5.41, 5.74) is 2.78. The number of aromatic nitrogens is 2. The third-order valence-corrected chi connectivity index (χ3v) is 17.7. The van der Waals surface area contributed by atoms with Crippen LogP contribution in [-0.4, -0.2) is 122 Å². The van der Waals surface area contributed by atoms with Gasteiger partial charge >= 0.3 is 0 Å². The summed E-state index contributed by atoms with van der Waals surface area (Å²) in [6.07, 6.45) is 8.90. The lowest BCUT2D eigenvalue weighted by molar-refractivity contribution is -0.384. The van der Waals surface area contributed by atoms with Crippen molar-refractivity contribution in [1.82, 2.24) is 19.6 Å². The Labute approximate surface area is 425 Å². The number of nitro groups is 1. The van der Waals surface area contributed by atoms with Gasteiger partial charge in [0, 0.05) is 73.3 Å². The van der Waals surface area contributed by atoms with Crippen LogP contribution >= 0.6 is 0 Å². The van der Waals surface area contributed by atoms with Crippen molar-refractivity contribution in [3.8, 4) is 11.6 Å². The number of nitrogens with zero attached hydrogens (tertiary/aromatic N) is 5. The van der Waals surface area contributed by atoms with Crippen LogP contribution in [0, 0.1) is 21.4 Å². The molecule has 11 rings (SSSR count). The van der Waals surface area contributed by atoms with Crippen molar-refractivity contribution >= 4 is 55.4 Å². The smallest absolute Gasteiger partial charge is 0.293 e. The number of piperidine rings is 1. The Hall–Kier alpha value is -5.99. The fourth-order valence-corrected chi connectivity index (χ4v) is 13.4. The number of nitrogens with one attached hydrogen (secondary N) is 3. The molecule has 1 spiro atoms. The molecule has 0 radical (unpaired) electrons. The van der Waals surface area contributed by atoms with E-state index in [0.29, 0.717) is 74.6 Å². The first-order valence-corrected chi connectivity index (χ1v) is 27.4. The molecule has 3 aromatic carbocycles. The van der Waals surface area contributed by atoms with Crippen LogP contribution in [0.4, 0.5) is 28.4 Å². The number of sulfonamides is 1. The quantitative estimate of drug-likeness (QED) is 0.0646. The van der Waals surface area contributed by atoms with Crippen molar-refractivity contribution in [1.29, 1.82) is 0 Å². The normalized spacial score (nSPS) is 25.4. The largest absolute Gasteiger partial charge is 0.491 e. The summed E-state index contributed by atoms with van der Waals surface area (Å²) in [5.74, 6) is 0.451. The number of pyridine rings is 1. The van der Waals surface area contributed by atoms with E-state index >= 15 is 0 Å². The van der Waals surface area contributed by atoms with Gasteiger partial charge in [-0.1, -0.05) is 18.2 Å². The number of aromatic amines is 1. The van der Waals surface area contributed by atoms with Crippen molar-refractivity contribution in [2.45, 2.75) is 119 Å². The zero-order chi connectivity index (χ0) is 50.6. The van der Waals surface area contributed by atoms with Crippen LogP contribution in [0.5, 0.6) is 11.6 Å². The molecule has 4 aliphatic heterocycles. The van der Waals surface area contributed by atoms with Crippen molar-refractivity contribution in [2.24, 2.45) is 11.3 Å². The Morgan fingerprint density at radius 1 is 0.959 bits per heavy atom. The average Bonchev–Trinajstić information content (AvgIpc) is 3.83. The van der Waals surface area contributed by atoms with E-state index in [-0.39, 0.29) is 58.0 Å². The second kappa shape index (κ2) is 19.7. The van der Waals surface area contributed by atoms with Gasteiger partial charge in [-0.15, -0.1) is 0 Å². The molecule has 0 bridgehead atoms. The molecule has 5 fully saturated rings. The summed E-state index contributed by atoms with van der Waals surface area (Å²) in [6.45, 7) is 10.9. The zero-order valence-electron chi connectivity index (χ0n) is 41.8. The Balaban J connectivity index is 0.862. The van der Waals surface area contributed by atoms with Gasteiger partial charge in [-0.2, -0.15) is 4.98 Å². The molecule has 3 atom stereocenters. The van der Waals surface area contributed by atoms with Gasteiger partial charge in [0.1, 0.15) is 33.8 Å². The summed E-state index contributed by atoms with van der Waals surface area (Å²) in [4.78, 5) is 40.7. The van der Waals surface area contributed by atoms with E-state index in [1.807, 2.05) is 42.2 Å². The van der Waals surface area contributed by atoms with E-state index < -0.39 is 32.6 Å². The SMILES string of the molecule is CC(C)Oc1ccccc1[C@@H]1COCCN1C1CC2(CCN(c3ccc(S(=O)(=O)NC(=O)c4ccc(NC[C@H]5CC[C@](C)(O)CC5)c([N+](=O)[O-])c4)c(N4c5cc6cc[nH]c6nc5O[C@@H]5COCC[C@H]54)c3)CC2)C1. The van der Waals surface area contributed by atoms with Gasteiger partial charge in [-0.05, 0) is 138 Å². The first-order chi connectivity index (χ1) is 35.1. The molecule has 19 heteroatoms. The molecule has 73 heavy (non-hydrogen) atoms. The highest BCUT2D eigenvalue weighted by Crippen LogP contribution is 2.54. The van der Waals surface area contributed by atoms with Gasteiger partial charge in [-0.3, -0.25) is 19.8 Å². The monoisotopic (exact) mass is 1020 g/mol. The molecule has 5 aromatic rings. The number of carbonyl (C=O) groups is 1. The van der Waals surface area contributed by atoms with Gasteiger partial charge < -0.3 is 44.2 Å². The molecule has 18 nitrogen and oxygen atoms in total. The van der Waals surface area contributed by atoms with Gasteiger partial charge in [0.2, 0.25) is 5.88 Å². The number of morpholine rings is 1. The number of ether oxygens (including phenoxy) is 4. The Morgan fingerprint density at radius 2 is 1.74 bits per heavy atom. The van der Waals surface area contributed by atoms with Crippen LogP contribution in [0.1, 0.15) is 101 Å². The molecule has 6 heterocycles. The predicted octanol–water partition coefficient (Wildman–Crippen LogP) is 8.24. The summed E-state index contributed by atoms with van der Waals surface area (Å²) in [5, 5.41) is 26.7. The molecular weight excluding hydrogens is 953 g/mol. The Bertz CT molecular complexity index is 2980. The van der Waals surface area contributed by atoms with Gasteiger partial charge in [-0.25, -0.2) is 13.1 Å². The van der Waals surface area contributed by atoms with Crippen LogP contribution in [0.2, 0.25) is 0 Å². The highest BCUT2D eigenvalue weighted by atomic mass is 32.2. The van der Waals surface area contributed by atoms with E-state index in [2.05, 4.69) is 56.9 Å². The summed E-state index contributed by atoms with van der Waals surface area (Å²) < 4.78 is 56.7. The standard InChI is InChI=1S/C54H66N8O10S/c1-34(2)71-47-7-5-4-6-40(47)46-32-70-25-23-60(46)39-29-54(30-39)18-21-59(22-19-54)38-9-11-49(44(28-38)61-42-15-24-69-33-48(42)72-52-45(61)26-36-14-20-55-50(36)57-52)73(67,68)58-51(63)37-8-10-41(43(27-37)62(65)66)56-31-35-12-16-53(3,64)17-13-35/h4-11,14,20,26-28,34-35,39,42,46,48,56,64H,12-13,15-19,21-25,29-33H2,1-3H3,(H,55,57)(H,58,63)/t35-,42-,46+,48-,53-/m1/s1. The first-order valence-electron chi connectivity index (χ1n) is 25.9. The summed E-state index contributed by atoms with van der Waals surface area (Å²) in [6, 6.07) is 21.6. The Kier molecular flexibility index (Phi) is 13.3. The van der Waals surface area contributed by atoms with Crippen LogP contribution < -0.4 is 29.3 Å². The first kappa shape index (κ1) is 49.2. The summed E-state index contributed by atoms with van der Waals surface area (Å²) >= 11 is 0. The second-order valence-corrected chi connectivity index (χ2v) is 23.3. The summed E-state index contributed by atoms with van der Waals surface area (Å²) in [7, 11) is -4.63. The van der Waals surface area contributed by atoms with Gasteiger partial charge in [0.15, 0.2) is 0 Å². The number of fused-ring (bicyclic) bond motifs is 3. The number of para-hydroxylation sites is 1. The molecule has 1 amide bonds. The van der Waals surface area contributed by atoms with Crippen molar-refractivity contribution in [2.75, 3.05) is 67.7 Å². The number of benzene rings is 3. The predicted molar refractivity (Wildman–Crippen MR) is 277 cm³/mol. The van der Waals surface area contributed by atoms with Crippen LogP contribution in [-0.2, 0) is 19.5 Å². The number of hydrogen-bond acceptors (Lipinski definition) is 15. The lowest BCUT2D eigenvalue weighted by Gasteiger charge is -2.57. The molecule has 2 aromatic heterocycles. The lowest BCUT2D eigenvalue weighted by atomic mass is 9.59. The number of carbonyl (C=O) groups excluding carboxylic acids is 1. The van der Waals surface area contributed by atoms with E-state index in [4.69, 9.17) is 23.9 Å². The van der Waals surface area contributed by atoms with Crippen molar-refractivity contribution < 1.29 is 42.2 Å². The molecule has 6 aliphatic rings. The van der Waals surface area contributed by atoms with Crippen LogP contribution in [0.25, 0.3) is 11.0 Å². The number of amides is 1. The fourth-order valence-electron chi connectivity index (χ4n) is 12.3. The number of H-pyrrole nitrogens is 1. The van der Waals surface area contributed by atoms with E-state index in [9.17, 15) is 28.4 Å². The second-order valence-electron chi connectivity index (χ2n) is 21.7. The third-order valence-electron chi connectivity index (χ3n) is 16.3. The molecular formula is C54H66N8O10S. The maximum atomic E-state index is 14.9. The number of hydrogen-bond donors (Lipinski definition) is 4. The maximum Gasteiger partial charge on any atom is 0.293 e. The van der Waals surface area contributed by atoms with E-state index in [1.54, 1.807) is 12.3 Å². The number of anilines is 4. The molecule has 388 valence electrons. The highest BCUT2D eigenvalue weighted by molar-refractivity contribution is 7.90. The average molecular weight is 1020 g/mol. The Morgan fingerprint density at radius 3 is 2.52 bits per heavy atom. The molecule has 4 N–H and O–H groups in total. The maximum absolute atomic E-state index is 14.9. The van der Waals surface area contributed by atoms with Gasteiger partial charge in [0.05, 0.1) is 54.2 Å². The minimum atomic E-state index is -4.63. The minimum Gasteiger partial charge on any atom is -0.491 e. The lowest BCUT2D eigenvalue weighted by Crippen LogP contribution is -2.57. The fraction of sp³-hybridized carbons (Fsp3) is 0.519. The van der Waals surface area contributed by atoms with Crippen molar-refractivity contribution in [3.63, 3.8) is 0 Å². The van der Waals surface area contributed by atoms with E-state index in [1.165, 1.54) is 17.7 Å². The van der Waals surface area contributed by atoms with Crippen LogP contribution in [0.15, 0.2) is 83.9 Å². The zero-order valence-corrected chi connectivity index (χ0v) is 42.6.